The van der Waals surface area contributed by atoms with Crippen molar-refractivity contribution in [2.75, 3.05) is 0 Å². The minimum absolute atomic E-state index is 0.289. The highest BCUT2D eigenvalue weighted by Gasteiger charge is 2.62. The number of nitrogens with zero attached hydrogens (tertiary/aromatic N) is 2. The lowest BCUT2D eigenvalue weighted by molar-refractivity contribution is 0.0864. The number of imidazole rings is 1. The molecule has 0 saturated carbocycles. The molecule has 3 rings (SSSR count). The van der Waals surface area contributed by atoms with E-state index < -0.39 is 40.0 Å². The second-order valence-corrected chi connectivity index (χ2v) is 11.7. The van der Waals surface area contributed by atoms with Gasteiger partial charge >= 0.3 is 15.2 Å². The third kappa shape index (κ3) is 5.88. The van der Waals surface area contributed by atoms with Gasteiger partial charge in [-0.15, -0.1) is 0 Å². The molecule has 0 saturated heterocycles. The van der Waals surface area contributed by atoms with Crippen LogP contribution in [0, 0.1) is 0 Å². The number of hydrogen-bond acceptors (Lipinski definition) is 6. The zero-order chi connectivity index (χ0) is 25.2. The summed E-state index contributed by atoms with van der Waals surface area (Å²) in [6.45, 7) is -4.62. The maximum absolute atomic E-state index is 13.3. The summed E-state index contributed by atoms with van der Waals surface area (Å²) in [6.07, 6.45) is 2.98. The SMILES string of the molecule is [2H]C([2H])(n1ccnc1)C(O)(P(=O)(O)OCc1ccc(Cl)cc1)P(=O)(O)OCc1cccc(Cl)c1. The van der Waals surface area contributed by atoms with Gasteiger partial charge in [-0.1, -0.05) is 47.5 Å². The fraction of sp³-hybridized carbons (Fsp3) is 0.211. The molecule has 172 valence electrons. The molecule has 3 unspecified atom stereocenters. The largest absolute Gasteiger partial charge is 0.374 e. The zero-order valence-corrected chi connectivity index (χ0v) is 19.6. The summed E-state index contributed by atoms with van der Waals surface area (Å²) in [6, 6.07) is 11.8. The first kappa shape index (κ1) is 22.3. The van der Waals surface area contributed by atoms with Gasteiger partial charge < -0.3 is 28.5 Å². The zero-order valence-electron chi connectivity index (χ0n) is 18.3. The summed E-state index contributed by atoms with van der Waals surface area (Å²) >= 11 is 11.7. The topological polar surface area (TPSA) is 131 Å². The van der Waals surface area contributed by atoms with Crippen molar-refractivity contribution in [1.82, 2.24) is 9.55 Å². The average molecular weight is 523 g/mol. The standard InChI is InChI=1S/C19H20Cl2N2O7P2/c20-17-6-4-15(5-7-17)11-29-31(25,26)19(24,13-23-9-8-22-14-23)32(27,28)30-12-16-2-1-3-18(21)10-16/h1-10,14,24H,11-13H2,(H,25,26)(H,27,28)/i13D2. The fourth-order valence-corrected chi connectivity index (χ4v) is 5.95. The summed E-state index contributed by atoms with van der Waals surface area (Å²) in [4.78, 5) is 25.1. The molecule has 0 aliphatic heterocycles. The van der Waals surface area contributed by atoms with Gasteiger partial charge in [0.25, 0.3) is 5.08 Å². The smallest absolute Gasteiger partial charge is 0.366 e. The number of halogens is 2. The van der Waals surface area contributed by atoms with Crippen LogP contribution < -0.4 is 0 Å². The Morgan fingerprint density at radius 2 is 1.62 bits per heavy atom. The summed E-state index contributed by atoms with van der Waals surface area (Å²) in [5, 5.41) is 7.99. The Balaban J connectivity index is 1.99. The minimum atomic E-state index is -5.68. The highest BCUT2D eigenvalue weighted by atomic mass is 35.5. The maximum Gasteiger partial charge on any atom is 0.374 e. The molecule has 13 heteroatoms. The molecule has 3 atom stereocenters. The summed E-state index contributed by atoms with van der Waals surface area (Å²) in [7, 11) is -11.4. The first-order valence-corrected chi connectivity index (χ1v) is 12.9. The van der Waals surface area contributed by atoms with E-state index in [2.05, 4.69) is 4.98 Å². The Kier molecular flexibility index (Phi) is 7.09. The fourth-order valence-electron chi connectivity index (χ4n) is 2.50. The van der Waals surface area contributed by atoms with E-state index in [4.69, 9.17) is 35.0 Å². The van der Waals surface area contributed by atoms with E-state index in [1.807, 2.05) is 0 Å². The van der Waals surface area contributed by atoms with Gasteiger partial charge in [-0.05, 0) is 35.4 Å². The molecule has 2 aromatic carbocycles. The Morgan fingerprint density at radius 1 is 1.00 bits per heavy atom. The van der Waals surface area contributed by atoms with Gasteiger partial charge in [-0.3, -0.25) is 9.13 Å². The molecular weight excluding hydrogens is 501 g/mol. The van der Waals surface area contributed by atoms with Crippen molar-refractivity contribution in [3.8, 4) is 0 Å². The number of benzene rings is 2. The van der Waals surface area contributed by atoms with Crippen LogP contribution in [-0.4, -0.2) is 29.5 Å². The molecular formula is C19H20Cl2N2O7P2. The first-order valence-electron chi connectivity index (χ1n) is 9.95. The van der Waals surface area contributed by atoms with E-state index >= 15 is 0 Å². The van der Waals surface area contributed by atoms with Crippen molar-refractivity contribution in [2.24, 2.45) is 0 Å². The predicted molar refractivity (Wildman–Crippen MR) is 119 cm³/mol. The van der Waals surface area contributed by atoms with Crippen molar-refractivity contribution in [3.63, 3.8) is 0 Å². The molecule has 32 heavy (non-hydrogen) atoms. The minimum Gasteiger partial charge on any atom is -0.366 e. The highest BCUT2D eigenvalue weighted by molar-refractivity contribution is 7.72. The molecule has 1 heterocycles. The molecule has 0 spiro atoms. The molecule has 3 N–H and O–H groups in total. The van der Waals surface area contributed by atoms with Crippen LogP contribution in [0.25, 0.3) is 0 Å². The van der Waals surface area contributed by atoms with Crippen molar-refractivity contribution in [3.05, 3.63) is 88.4 Å². The normalized spacial score (nSPS) is 18.7. The van der Waals surface area contributed by atoms with Crippen molar-refractivity contribution < 1.29 is 35.8 Å². The second-order valence-electron chi connectivity index (χ2n) is 6.56. The van der Waals surface area contributed by atoms with E-state index in [-0.39, 0.29) is 5.02 Å². The number of rotatable bonds is 10. The molecule has 1 aromatic heterocycles. The average Bonchev–Trinajstić information content (AvgIpc) is 3.32. The number of aromatic nitrogens is 2. The van der Waals surface area contributed by atoms with Crippen molar-refractivity contribution in [1.29, 1.82) is 0 Å². The Labute approximate surface area is 197 Å². The molecule has 0 aliphatic rings. The van der Waals surface area contributed by atoms with E-state index in [1.165, 1.54) is 42.5 Å². The van der Waals surface area contributed by atoms with E-state index in [1.54, 1.807) is 6.07 Å². The number of aliphatic hydroxyl groups is 1. The first-order chi connectivity index (χ1) is 15.8. The van der Waals surface area contributed by atoms with Gasteiger partial charge in [0.05, 0.1) is 28.8 Å². The summed E-state index contributed by atoms with van der Waals surface area (Å²) in [5.41, 5.74) is 0.624. The third-order valence-corrected chi connectivity index (χ3v) is 8.92. The van der Waals surface area contributed by atoms with Gasteiger partial charge in [0.2, 0.25) is 0 Å². The Morgan fingerprint density at radius 3 is 2.19 bits per heavy atom. The van der Waals surface area contributed by atoms with Crippen LogP contribution in [-0.2, 0) is 37.9 Å². The van der Waals surface area contributed by atoms with E-state index in [0.717, 1.165) is 18.7 Å². The maximum atomic E-state index is 13.3. The van der Waals surface area contributed by atoms with Crippen molar-refractivity contribution in [2.45, 2.75) is 24.8 Å². The quantitative estimate of drug-likeness (QED) is 0.328. The summed E-state index contributed by atoms with van der Waals surface area (Å²) in [5.74, 6) is 0. The predicted octanol–water partition coefficient (Wildman–Crippen LogP) is 4.64. The Hall–Kier alpha value is -1.51. The van der Waals surface area contributed by atoms with E-state index in [9.17, 15) is 24.0 Å². The van der Waals surface area contributed by atoms with Gasteiger partial charge in [0.1, 0.15) is 0 Å². The van der Waals surface area contributed by atoms with Gasteiger partial charge in [0.15, 0.2) is 0 Å². The van der Waals surface area contributed by atoms with Crippen LogP contribution in [0.4, 0.5) is 0 Å². The third-order valence-electron chi connectivity index (χ3n) is 4.19. The lowest BCUT2D eigenvalue weighted by Crippen LogP contribution is -2.35. The summed E-state index contributed by atoms with van der Waals surface area (Å²) < 4.78 is 53.8. The Bertz CT molecular complexity index is 1230. The molecule has 0 aliphatic carbocycles. The van der Waals surface area contributed by atoms with Crippen LogP contribution in [0.15, 0.2) is 67.3 Å². The highest BCUT2D eigenvalue weighted by Crippen LogP contribution is 2.73. The second kappa shape index (κ2) is 10.2. The lowest BCUT2D eigenvalue weighted by atomic mass is 10.2. The number of hydrogen-bond donors (Lipinski definition) is 3. The van der Waals surface area contributed by atoms with Crippen LogP contribution in [0.2, 0.25) is 10.0 Å². The van der Waals surface area contributed by atoms with Gasteiger partial charge in [-0.25, -0.2) is 4.98 Å². The molecule has 0 amide bonds. The molecule has 0 radical (unpaired) electrons. The molecule has 0 fully saturated rings. The van der Waals surface area contributed by atoms with Gasteiger partial charge in [0, 0.05) is 22.4 Å². The van der Waals surface area contributed by atoms with Gasteiger partial charge in [-0.2, -0.15) is 0 Å². The van der Waals surface area contributed by atoms with Crippen molar-refractivity contribution >= 4 is 38.4 Å². The molecule has 0 bridgehead atoms. The lowest BCUT2D eigenvalue weighted by Gasteiger charge is -2.34. The van der Waals surface area contributed by atoms with Crippen LogP contribution >= 0.6 is 38.4 Å². The van der Waals surface area contributed by atoms with Crippen LogP contribution in [0.1, 0.15) is 13.9 Å². The van der Waals surface area contributed by atoms with E-state index in [0.29, 0.717) is 20.7 Å². The van der Waals surface area contributed by atoms with Crippen LogP contribution in [0.3, 0.4) is 0 Å². The molecule has 9 nitrogen and oxygen atoms in total. The monoisotopic (exact) mass is 522 g/mol. The van der Waals surface area contributed by atoms with Crippen LogP contribution in [0.5, 0.6) is 0 Å². The molecule has 3 aromatic rings.